The average molecular weight is 201 g/mol. The van der Waals surface area contributed by atoms with Crippen LogP contribution in [0.25, 0.3) is 0 Å². The normalized spacial score (nSPS) is 12.6. The first kappa shape index (κ1) is 9.93. The van der Waals surface area contributed by atoms with E-state index in [-0.39, 0.29) is 6.17 Å². The minimum atomic E-state index is 0.271. The summed E-state index contributed by atoms with van der Waals surface area (Å²) in [6, 6.07) is 10.4. The molecule has 0 saturated heterocycles. The number of nitrogens with one attached hydrogen (secondary N) is 1. The number of aromatic nitrogens is 2. The van der Waals surface area contributed by atoms with E-state index in [4.69, 9.17) is 0 Å². The van der Waals surface area contributed by atoms with E-state index in [0.717, 1.165) is 6.54 Å². The van der Waals surface area contributed by atoms with Gasteiger partial charge in [-0.25, -0.2) is 4.98 Å². The Kier molecular flexibility index (Phi) is 3.15. The fourth-order valence-electron chi connectivity index (χ4n) is 1.47. The summed E-state index contributed by atoms with van der Waals surface area (Å²) < 4.78 is 2.04. The standard InChI is InChI=1S/C12H15N3/c1-11(15-8-7-13-10-15)14-9-12-5-3-2-4-6-12/h2-8,10-11,14H,9H2,1H3. The maximum atomic E-state index is 4.02. The van der Waals surface area contributed by atoms with Gasteiger partial charge in [-0.3, -0.25) is 5.32 Å². The van der Waals surface area contributed by atoms with Crippen LogP contribution in [-0.2, 0) is 6.54 Å². The van der Waals surface area contributed by atoms with Crippen molar-refractivity contribution < 1.29 is 0 Å². The molecular weight excluding hydrogens is 186 g/mol. The second kappa shape index (κ2) is 4.75. The van der Waals surface area contributed by atoms with Crippen LogP contribution in [0.2, 0.25) is 0 Å². The molecule has 15 heavy (non-hydrogen) atoms. The third-order valence-corrected chi connectivity index (χ3v) is 2.42. The van der Waals surface area contributed by atoms with E-state index >= 15 is 0 Å². The van der Waals surface area contributed by atoms with Gasteiger partial charge < -0.3 is 4.57 Å². The van der Waals surface area contributed by atoms with E-state index in [1.807, 2.05) is 23.2 Å². The van der Waals surface area contributed by atoms with Crippen molar-refractivity contribution in [1.82, 2.24) is 14.9 Å². The third-order valence-electron chi connectivity index (χ3n) is 2.42. The van der Waals surface area contributed by atoms with Crippen molar-refractivity contribution >= 4 is 0 Å². The summed E-state index contributed by atoms with van der Waals surface area (Å²) in [5.74, 6) is 0. The number of hydrogen-bond acceptors (Lipinski definition) is 2. The molecule has 1 N–H and O–H groups in total. The van der Waals surface area contributed by atoms with Gasteiger partial charge in [-0.05, 0) is 12.5 Å². The van der Waals surface area contributed by atoms with Gasteiger partial charge in [0.1, 0.15) is 0 Å². The molecule has 0 spiro atoms. The smallest absolute Gasteiger partial charge is 0.0959 e. The number of benzene rings is 1. The lowest BCUT2D eigenvalue weighted by Crippen LogP contribution is -2.22. The minimum Gasteiger partial charge on any atom is -0.322 e. The van der Waals surface area contributed by atoms with Crippen LogP contribution in [0.15, 0.2) is 49.1 Å². The van der Waals surface area contributed by atoms with Gasteiger partial charge in [-0.1, -0.05) is 30.3 Å². The molecule has 3 heteroatoms. The van der Waals surface area contributed by atoms with Crippen LogP contribution >= 0.6 is 0 Å². The van der Waals surface area contributed by atoms with Crippen LogP contribution in [0.4, 0.5) is 0 Å². The molecule has 0 fully saturated rings. The Morgan fingerprint density at radius 1 is 1.33 bits per heavy atom. The lowest BCUT2D eigenvalue weighted by Gasteiger charge is -2.14. The molecule has 0 bridgehead atoms. The summed E-state index contributed by atoms with van der Waals surface area (Å²) in [4.78, 5) is 4.02. The van der Waals surface area contributed by atoms with Crippen molar-refractivity contribution in [2.45, 2.75) is 19.6 Å². The molecule has 1 heterocycles. The van der Waals surface area contributed by atoms with Crippen LogP contribution in [0.3, 0.4) is 0 Å². The number of nitrogens with zero attached hydrogens (tertiary/aromatic N) is 2. The van der Waals surface area contributed by atoms with Gasteiger partial charge in [0.05, 0.1) is 12.5 Å². The molecule has 0 amide bonds. The summed E-state index contributed by atoms with van der Waals surface area (Å²) in [7, 11) is 0. The topological polar surface area (TPSA) is 29.9 Å². The average Bonchev–Trinajstić information content (AvgIpc) is 2.81. The van der Waals surface area contributed by atoms with Gasteiger partial charge in [0.15, 0.2) is 0 Å². The Balaban J connectivity index is 1.89. The second-order valence-corrected chi connectivity index (χ2v) is 3.55. The van der Waals surface area contributed by atoms with Crippen LogP contribution in [0, 0.1) is 0 Å². The number of rotatable bonds is 4. The highest BCUT2D eigenvalue weighted by Gasteiger charge is 2.01. The highest BCUT2D eigenvalue weighted by Crippen LogP contribution is 2.03. The molecule has 1 aromatic heterocycles. The number of imidazole rings is 1. The van der Waals surface area contributed by atoms with E-state index in [0.29, 0.717) is 0 Å². The summed E-state index contributed by atoms with van der Waals surface area (Å²) in [6.07, 6.45) is 5.85. The summed E-state index contributed by atoms with van der Waals surface area (Å²) in [6.45, 7) is 2.99. The Labute approximate surface area is 89.8 Å². The predicted molar refractivity (Wildman–Crippen MR) is 60.2 cm³/mol. The maximum Gasteiger partial charge on any atom is 0.0959 e. The zero-order valence-corrected chi connectivity index (χ0v) is 8.80. The fraction of sp³-hybridized carbons (Fsp3) is 0.250. The van der Waals surface area contributed by atoms with Gasteiger partial charge in [0.2, 0.25) is 0 Å². The first-order chi connectivity index (χ1) is 7.36. The van der Waals surface area contributed by atoms with E-state index in [1.165, 1.54) is 5.56 Å². The molecule has 2 aromatic rings. The molecule has 1 atom stereocenters. The molecular formula is C12H15N3. The van der Waals surface area contributed by atoms with Gasteiger partial charge in [0, 0.05) is 18.9 Å². The zero-order valence-electron chi connectivity index (χ0n) is 8.80. The molecule has 1 aromatic carbocycles. The Bertz CT molecular complexity index is 381. The van der Waals surface area contributed by atoms with Crippen molar-refractivity contribution in [2.75, 3.05) is 0 Å². The third kappa shape index (κ3) is 2.67. The van der Waals surface area contributed by atoms with Crippen molar-refractivity contribution in [3.8, 4) is 0 Å². The molecule has 0 aliphatic rings. The van der Waals surface area contributed by atoms with Gasteiger partial charge >= 0.3 is 0 Å². The molecule has 0 radical (unpaired) electrons. The van der Waals surface area contributed by atoms with Crippen molar-refractivity contribution in [3.63, 3.8) is 0 Å². The Morgan fingerprint density at radius 3 is 2.80 bits per heavy atom. The molecule has 0 saturated carbocycles. The van der Waals surface area contributed by atoms with Gasteiger partial charge in [0.25, 0.3) is 0 Å². The molecule has 78 valence electrons. The van der Waals surface area contributed by atoms with Crippen molar-refractivity contribution in [1.29, 1.82) is 0 Å². The van der Waals surface area contributed by atoms with Crippen LogP contribution in [0.5, 0.6) is 0 Å². The summed E-state index contributed by atoms with van der Waals surface area (Å²) in [5.41, 5.74) is 1.30. The quantitative estimate of drug-likeness (QED) is 0.821. The Morgan fingerprint density at radius 2 is 2.13 bits per heavy atom. The lowest BCUT2D eigenvalue weighted by molar-refractivity contribution is 0.435. The zero-order chi connectivity index (χ0) is 10.5. The van der Waals surface area contributed by atoms with Crippen LogP contribution in [0.1, 0.15) is 18.7 Å². The molecule has 0 aliphatic carbocycles. The molecule has 3 nitrogen and oxygen atoms in total. The fourth-order valence-corrected chi connectivity index (χ4v) is 1.47. The van der Waals surface area contributed by atoms with Crippen LogP contribution in [-0.4, -0.2) is 9.55 Å². The van der Waals surface area contributed by atoms with Crippen molar-refractivity contribution in [3.05, 3.63) is 54.6 Å². The van der Waals surface area contributed by atoms with E-state index in [2.05, 4.69) is 41.5 Å². The number of hydrogen-bond donors (Lipinski definition) is 1. The van der Waals surface area contributed by atoms with E-state index in [1.54, 1.807) is 6.20 Å². The Hall–Kier alpha value is -1.61. The van der Waals surface area contributed by atoms with Gasteiger partial charge in [-0.15, -0.1) is 0 Å². The second-order valence-electron chi connectivity index (χ2n) is 3.55. The lowest BCUT2D eigenvalue weighted by atomic mass is 10.2. The molecule has 1 unspecified atom stereocenters. The van der Waals surface area contributed by atoms with E-state index in [9.17, 15) is 0 Å². The molecule has 2 rings (SSSR count). The summed E-state index contributed by atoms with van der Waals surface area (Å²) in [5, 5.41) is 3.42. The highest BCUT2D eigenvalue weighted by atomic mass is 15.2. The molecule has 0 aliphatic heterocycles. The minimum absolute atomic E-state index is 0.271. The predicted octanol–water partition coefficient (Wildman–Crippen LogP) is 2.19. The SMILES string of the molecule is CC(NCc1ccccc1)n1ccnc1. The first-order valence-electron chi connectivity index (χ1n) is 5.11. The summed E-state index contributed by atoms with van der Waals surface area (Å²) >= 11 is 0. The van der Waals surface area contributed by atoms with Crippen molar-refractivity contribution in [2.24, 2.45) is 0 Å². The van der Waals surface area contributed by atoms with E-state index < -0.39 is 0 Å². The highest BCUT2D eigenvalue weighted by molar-refractivity contribution is 5.14. The monoisotopic (exact) mass is 201 g/mol. The maximum absolute atomic E-state index is 4.02. The van der Waals surface area contributed by atoms with Crippen LogP contribution < -0.4 is 5.32 Å². The largest absolute Gasteiger partial charge is 0.322 e. The first-order valence-corrected chi connectivity index (χ1v) is 5.11. The van der Waals surface area contributed by atoms with Gasteiger partial charge in [-0.2, -0.15) is 0 Å².